The molecule has 0 aliphatic rings. The Kier molecular flexibility index (Phi) is 6.35. The molecule has 3 rings (SSSR count). The number of halogens is 1. The van der Waals surface area contributed by atoms with Gasteiger partial charge in [0.05, 0.1) is 16.0 Å². The molecular weight excluding hydrogens is 430 g/mol. The predicted molar refractivity (Wildman–Crippen MR) is 113 cm³/mol. The zero-order valence-electron chi connectivity index (χ0n) is 16.1. The highest BCUT2D eigenvalue weighted by molar-refractivity contribution is 7.89. The van der Waals surface area contributed by atoms with Gasteiger partial charge in [0.1, 0.15) is 5.15 Å². The van der Waals surface area contributed by atoms with Crippen molar-refractivity contribution in [1.82, 2.24) is 9.29 Å². The number of nitrogens with one attached hydrogen (secondary N) is 1. The van der Waals surface area contributed by atoms with Crippen LogP contribution >= 0.6 is 11.6 Å². The topological polar surface area (TPSA) is 106 Å². The maximum absolute atomic E-state index is 12.2. The number of carbonyl (C=O) groups excluding carboxylic acids is 2. The molecule has 3 aromatic rings. The number of rotatable bonds is 6. The van der Waals surface area contributed by atoms with Gasteiger partial charge < -0.3 is 10.1 Å². The molecule has 0 spiro atoms. The molecule has 1 heterocycles. The van der Waals surface area contributed by atoms with Gasteiger partial charge >= 0.3 is 5.97 Å². The van der Waals surface area contributed by atoms with Crippen molar-refractivity contribution in [2.45, 2.75) is 4.90 Å². The number of nitrogens with zero attached hydrogens (tertiary/aromatic N) is 2. The molecule has 8 nitrogen and oxygen atoms in total. The molecule has 0 aliphatic heterocycles. The minimum atomic E-state index is -3.63. The monoisotopic (exact) mass is 447 g/mol. The first-order valence-electron chi connectivity index (χ1n) is 8.73. The summed E-state index contributed by atoms with van der Waals surface area (Å²) in [5, 5.41) is 3.56. The Morgan fingerprint density at radius 2 is 1.87 bits per heavy atom. The highest BCUT2D eigenvalue weighted by atomic mass is 35.5. The Labute approximate surface area is 178 Å². The quantitative estimate of drug-likeness (QED) is 0.460. The summed E-state index contributed by atoms with van der Waals surface area (Å²) < 4.78 is 30.5. The number of pyridine rings is 1. The number of amides is 1. The van der Waals surface area contributed by atoms with E-state index in [9.17, 15) is 18.0 Å². The molecule has 1 aromatic heterocycles. The SMILES string of the molecule is CN(C)S(=O)(=O)c1cccc(NC(=O)COC(=O)c2ccc3nc(Cl)ccc3c2)c1. The fourth-order valence-corrected chi connectivity index (χ4v) is 3.69. The van der Waals surface area contributed by atoms with Crippen molar-refractivity contribution in [3.63, 3.8) is 0 Å². The standard InChI is InChI=1S/C20H18ClN3O5S/c1-24(2)30(27,28)16-5-3-4-15(11-16)22-19(25)12-29-20(26)14-6-8-17-13(10-14)7-9-18(21)23-17/h3-11H,12H2,1-2H3,(H,22,25). The molecule has 0 radical (unpaired) electrons. The average molecular weight is 448 g/mol. The third kappa shape index (κ3) is 4.93. The van der Waals surface area contributed by atoms with Crippen molar-refractivity contribution in [3.05, 3.63) is 65.3 Å². The van der Waals surface area contributed by atoms with Crippen LogP contribution < -0.4 is 5.32 Å². The lowest BCUT2D eigenvalue weighted by Gasteiger charge is -2.12. The van der Waals surface area contributed by atoms with Gasteiger partial charge in [0.2, 0.25) is 10.0 Å². The molecule has 0 bridgehead atoms. The normalized spacial score (nSPS) is 11.5. The van der Waals surface area contributed by atoms with E-state index in [1.54, 1.807) is 24.3 Å². The van der Waals surface area contributed by atoms with E-state index in [0.717, 1.165) is 4.31 Å². The first kappa shape index (κ1) is 21.7. The van der Waals surface area contributed by atoms with E-state index >= 15 is 0 Å². The number of hydrogen-bond donors (Lipinski definition) is 1. The molecule has 30 heavy (non-hydrogen) atoms. The maximum Gasteiger partial charge on any atom is 0.338 e. The summed E-state index contributed by atoms with van der Waals surface area (Å²) in [6.07, 6.45) is 0. The number of anilines is 1. The molecule has 0 unspecified atom stereocenters. The van der Waals surface area contributed by atoms with Crippen molar-refractivity contribution in [3.8, 4) is 0 Å². The Bertz CT molecular complexity index is 1230. The van der Waals surface area contributed by atoms with Crippen LogP contribution in [0.2, 0.25) is 5.15 Å². The van der Waals surface area contributed by atoms with Gasteiger partial charge in [-0.15, -0.1) is 0 Å². The van der Waals surface area contributed by atoms with Crippen LogP contribution in [0.5, 0.6) is 0 Å². The highest BCUT2D eigenvalue weighted by Gasteiger charge is 2.18. The molecule has 2 aromatic carbocycles. The fraction of sp³-hybridized carbons (Fsp3) is 0.150. The number of ether oxygens (including phenoxy) is 1. The maximum atomic E-state index is 12.2. The molecule has 1 amide bonds. The molecule has 0 atom stereocenters. The van der Waals surface area contributed by atoms with Crippen molar-refractivity contribution in [2.75, 3.05) is 26.0 Å². The van der Waals surface area contributed by atoms with Crippen LogP contribution in [0.25, 0.3) is 10.9 Å². The van der Waals surface area contributed by atoms with Crippen LogP contribution in [0.15, 0.2) is 59.5 Å². The summed E-state index contributed by atoms with van der Waals surface area (Å²) in [5.74, 6) is -1.28. The van der Waals surface area contributed by atoms with Crippen molar-refractivity contribution >= 4 is 50.1 Å². The number of sulfonamides is 1. The second kappa shape index (κ2) is 8.78. The molecule has 10 heteroatoms. The van der Waals surface area contributed by atoms with E-state index in [2.05, 4.69) is 10.3 Å². The van der Waals surface area contributed by atoms with E-state index < -0.39 is 28.5 Å². The Morgan fingerprint density at radius 3 is 2.60 bits per heavy atom. The number of esters is 1. The molecule has 1 N–H and O–H groups in total. The lowest BCUT2D eigenvalue weighted by molar-refractivity contribution is -0.119. The number of benzene rings is 2. The molecule has 0 saturated carbocycles. The third-order valence-electron chi connectivity index (χ3n) is 4.12. The van der Waals surface area contributed by atoms with Crippen molar-refractivity contribution < 1.29 is 22.7 Å². The van der Waals surface area contributed by atoms with Crippen LogP contribution in [0.3, 0.4) is 0 Å². The minimum Gasteiger partial charge on any atom is -0.452 e. The van der Waals surface area contributed by atoms with Crippen molar-refractivity contribution in [2.24, 2.45) is 0 Å². The zero-order chi connectivity index (χ0) is 21.9. The number of carbonyl (C=O) groups is 2. The van der Waals surface area contributed by atoms with Crippen LogP contribution in [0, 0.1) is 0 Å². The molecule has 156 valence electrons. The largest absolute Gasteiger partial charge is 0.452 e. The minimum absolute atomic E-state index is 0.0344. The van der Waals surface area contributed by atoms with Gasteiger partial charge in [-0.1, -0.05) is 17.7 Å². The van der Waals surface area contributed by atoms with E-state index in [4.69, 9.17) is 16.3 Å². The Hall–Kier alpha value is -3.01. The molecule has 0 aliphatic carbocycles. The van der Waals surface area contributed by atoms with Gasteiger partial charge in [-0.25, -0.2) is 22.5 Å². The summed E-state index contributed by atoms with van der Waals surface area (Å²) in [4.78, 5) is 28.5. The molecule has 0 fully saturated rings. The first-order chi connectivity index (χ1) is 14.2. The average Bonchev–Trinajstić information content (AvgIpc) is 2.71. The van der Waals surface area contributed by atoms with Crippen molar-refractivity contribution in [1.29, 1.82) is 0 Å². The highest BCUT2D eigenvalue weighted by Crippen LogP contribution is 2.19. The van der Waals surface area contributed by atoms with Gasteiger partial charge in [0.25, 0.3) is 5.91 Å². The van der Waals surface area contributed by atoms with Gasteiger partial charge in [0.15, 0.2) is 6.61 Å². The number of aromatic nitrogens is 1. The van der Waals surface area contributed by atoms with Gasteiger partial charge in [-0.05, 0) is 48.5 Å². The van der Waals surface area contributed by atoms with Crippen LogP contribution in [0.1, 0.15) is 10.4 Å². The Morgan fingerprint density at radius 1 is 1.10 bits per heavy atom. The van der Waals surface area contributed by atoms with Gasteiger partial charge in [-0.2, -0.15) is 0 Å². The zero-order valence-corrected chi connectivity index (χ0v) is 17.7. The van der Waals surface area contributed by atoms with Crippen LogP contribution in [-0.2, 0) is 19.6 Å². The molecule has 0 saturated heterocycles. The summed E-state index contributed by atoms with van der Waals surface area (Å²) in [7, 11) is -0.806. The second-order valence-electron chi connectivity index (χ2n) is 6.48. The number of fused-ring (bicyclic) bond motifs is 1. The van der Waals surface area contributed by atoms with Gasteiger partial charge in [-0.3, -0.25) is 4.79 Å². The smallest absolute Gasteiger partial charge is 0.338 e. The summed E-state index contributed by atoms with van der Waals surface area (Å²) in [6, 6.07) is 13.9. The van der Waals surface area contributed by atoms with E-state index in [-0.39, 0.29) is 16.1 Å². The summed E-state index contributed by atoms with van der Waals surface area (Å²) >= 11 is 5.84. The molecular formula is C20H18ClN3O5S. The van der Waals surface area contributed by atoms with Crippen LogP contribution in [0.4, 0.5) is 5.69 Å². The Balaban J connectivity index is 1.63. The van der Waals surface area contributed by atoms with Crippen LogP contribution in [-0.4, -0.2) is 50.3 Å². The van der Waals surface area contributed by atoms with E-state index in [0.29, 0.717) is 16.1 Å². The van der Waals surface area contributed by atoms with E-state index in [1.165, 1.54) is 44.4 Å². The third-order valence-corrected chi connectivity index (χ3v) is 6.14. The predicted octanol–water partition coefficient (Wildman–Crippen LogP) is 2.93. The lowest BCUT2D eigenvalue weighted by Crippen LogP contribution is -2.23. The van der Waals surface area contributed by atoms with E-state index in [1.807, 2.05) is 0 Å². The van der Waals surface area contributed by atoms with Gasteiger partial charge in [0, 0.05) is 25.2 Å². The lowest BCUT2D eigenvalue weighted by atomic mass is 10.1. The second-order valence-corrected chi connectivity index (χ2v) is 9.02. The fourth-order valence-electron chi connectivity index (χ4n) is 2.58. The first-order valence-corrected chi connectivity index (χ1v) is 10.5. The summed E-state index contributed by atoms with van der Waals surface area (Å²) in [6.45, 7) is -0.527. The summed E-state index contributed by atoms with van der Waals surface area (Å²) in [5.41, 5.74) is 1.16. The number of hydrogen-bond acceptors (Lipinski definition) is 6.